The zero-order valence-corrected chi connectivity index (χ0v) is 30.4. The normalized spacial score (nSPS) is 30.4. The van der Waals surface area contributed by atoms with Crippen LogP contribution in [0, 0.1) is 0 Å². The van der Waals surface area contributed by atoms with Gasteiger partial charge in [-0.25, -0.2) is 9.59 Å². The van der Waals surface area contributed by atoms with Gasteiger partial charge >= 0.3 is 11.7 Å². The number of nitrogens with zero attached hydrogens (tertiary/aromatic N) is 3. The number of H-pyrrole nitrogens is 1. The van der Waals surface area contributed by atoms with Crippen LogP contribution in [0.5, 0.6) is 0 Å². The molecule has 3 aliphatic rings. The highest BCUT2D eigenvalue weighted by Crippen LogP contribution is 2.36. The summed E-state index contributed by atoms with van der Waals surface area (Å²) in [6, 6.07) is -0.301. The molecule has 0 aliphatic carbocycles. The zero-order chi connectivity index (χ0) is 37.9. The molecule has 2 fully saturated rings. The first-order chi connectivity index (χ1) is 24.9. The van der Waals surface area contributed by atoms with Crippen molar-refractivity contribution in [2.75, 3.05) is 33.8 Å². The largest absolute Gasteiger partial charge is 0.461 e. The van der Waals surface area contributed by atoms with Gasteiger partial charge in [0.25, 0.3) is 5.56 Å². The number of hydrogen-bond donors (Lipinski definition) is 6. The molecule has 2 saturated heterocycles. The highest BCUT2D eigenvalue weighted by atomic mass is 16.7. The van der Waals surface area contributed by atoms with Crippen LogP contribution in [0.2, 0.25) is 0 Å². The van der Waals surface area contributed by atoms with Gasteiger partial charge < -0.3 is 50.0 Å². The lowest BCUT2D eigenvalue weighted by Gasteiger charge is -2.38. The predicted molar refractivity (Wildman–Crippen MR) is 187 cm³/mol. The maximum Gasteiger partial charge on any atom is 0.354 e. The third kappa shape index (κ3) is 10.1. The Morgan fingerprint density at radius 2 is 1.56 bits per heavy atom. The van der Waals surface area contributed by atoms with Gasteiger partial charge in [0.1, 0.15) is 54.5 Å². The number of aliphatic hydroxyl groups excluding tert-OH is 4. The van der Waals surface area contributed by atoms with E-state index in [4.69, 9.17) is 24.7 Å². The molecule has 1 aromatic rings. The molecule has 4 heterocycles. The van der Waals surface area contributed by atoms with Crippen molar-refractivity contribution in [2.45, 2.75) is 139 Å². The summed E-state index contributed by atoms with van der Waals surface area (Å²) in [5, 5.41) is 43.5. The fourth-order valence-electron chi connectivity index (χ4n) is 6.93. The number of amides is 1. The van der Waals surface area contributed by atoms with Gasteiger partial charge in [-0.15, -0.1) is 0 Å². The van der Waals surface area contributed by atoms with Crippen LogP contribution in [0.1, 0.15) is 83.8 Å². The number of carbonyl (C=O) groups is 2. The first-order valence-electron chi connectivity index (χ1n) is 18.5. The van der Waals surface area contributed by atoms with Crippen molar-refractivity contribution >= 4 is 11.9 Å². The Kier molecular flexibility index (Phi) is 16.0. The van der Waals surface area contributed by atoms with E-state index in [0.29, 0.717) is 6.42 Å². The molecule has 3 aliphatic heterocycles. The van der Waals surface area contributed by atoms with E-state index in [9.17, 15) is 39.6 Å². The Labute approximate surface area is 303 Å². The van der Waals surface area contributed by atoms with E-state index in [1.54, 1.807) is 7.05 Å². The molecule has 7 N–H and O–H groups in total. The van der Waals surface area contributed by atoms with E-state index in [1.165, 1.54) is 63.0 Å². The van der Waals surface area contributed by atoms with Crippen molar-refractivity contribution in [2.24, 2.45) is 5.73 Å². The van der Waals surface area contributed by atoms with Gasteiger partial charge in [0, 0.05) is 32.4 Å². The zero-order valence-electron chi connectivity index (χ0n) is 30.4. The minimum atomic E-state index is -1.76. The SMILES string of the molecule is CCCCCCCCCCCCCOC(=O)C1=CCN(C)[C@@H]([C@H](O[C@@H]2O[C@H](CN)[C@@H](O)[C@H]2O)[C@H]2O[C@@H](n3ccc(=O)[nH]c3=O)[C@H](O)[C@@H]2O)C(=O)N1C. The van der Waals surface area contributed by atoms with Crippen LogP contribution in [0.3, 0.4) is 0 Å². The molecule has 17 nitrogen and oxygen atoms in total. The molecule has 0 aromatic carbocycles. The third-order valence-electron chi connectivity index (χ3n) is 10.1. The van der Waals surface area contributed by atoms with E-state index in [1.807, 2.05) is 0 Å². The van der Waals surface area contributed by atoms with Crippen molar-refractivity contribution in [3.63, 3.8) is 0 Å². The fourth-order valence-corrected chi connectivity index (χ4v) is 6.93. The number of hydrogen-bond acceptors (Lipinski definition) is 14. The molecular formula is C35H57N5O12. The second-order valence-corrected chi connectivity index (χ2v) is 13.9. The van der Waals surface area contributed by atoms with Gasteiger partial charge in [-0.1, -0.05) is 71.1 Å². The molecule has 0 bridgehead atoms. The van der Waals surface area contributed by atoms with E-state index in [-0.39, 0.29) is 25.4 Å². The van der Waals surface area contributed by atoms with Gasteiger partial charge in [-0.3, -0.25) is 24.0 Å². The topological polar surface area (TPSA) is 239 Å². The fraction of sp³-hybridized carbons (Fsp3) is 0.771. The van der Waals surface area contributed by atoms with Crippen LogP contribution < -0.4 is 17.0 Å². The quantitative estimate of drug-likeness (QED) is 0.0772. The molecule has 10 atom stereocenters. The van der Waals surface area contributed by atoms with Gasteiger partial charge in [0.05, 0.1) is 6.61 Å². The van der Waals surface area contributed by atoms with Crippen LogP contribution >= 0.6 is 0 Å². The maximum absolute atomic E-state index is 14.2. The summed E-state index contributed by atoms with van der Waals surface area (Å²) in [5.74, 6) is -1.37. The van der Waals surface area contributed by atoms with Crippen molar-refractivity contribution < 1.29 is 49.0 Å². The number of esters is 1. The van der Waals surface area contributed by atoms with Gasteiger partial charge in [-0.05, 0) is 19.5 Å². The summed E-state index contributed by atoms with van der Waals surface area (Å²) in [4.78, 5) is 56.3. The highest BCUT2D eigenvalue weighted by molar-refractivity contribution is 5.96. The Bertz CT molecular complexity index is 1450. The molecule has 0 spiro atoms. The van der Waals surface area contributed by atoms with Crippen molar-refractivity contribution in [3.8, 4) is 0 Å². The van der Waals surface area contributed by atoms with Crippen molar-refractivity contribution in [1.29, 1.82) is 0 Å². The summed E-state index contributed by atoms with van der Waals surface area (Å²) >= 11 is 0. The van der Waals surface area contributed by atoms with E-state index < -0.39 is 84.4 Å². The van der Waals surface area contributed by atoms with Gasteiger partial charge in [-0.2, -0.15) is 0 Å². The lowest BCUT2D eigenvalue weighted by molar-refractivity contribution is -0.232. The second kappa shape index (κ2) is 19.9. The molecule has 17 heteroatoms. The number of carbonyl (C=O) groups excluding carboxylic acids is 2. The number of aromatic nitrogens is 2. The number of aliphatic hydroxyl groups is 4. The summed E-state index contributed by atoms with van der Waals surface area (Å²) in [5.41, 5.74) is 4.06. The standard InChI is InChI=1S/C35H57N5O12/c1-4-5-6-7-8-9-10-11-12-13-14-19-49-33(47)21-15-17-38(2)24(31(46)39(21)3)29(52-34-28(45)25(42)22(20-36)50-34)30-26(43)27(44)32(51-30)40-18-16-23(41)37-35(40)48/h15-16,18,22,24-30,32,34,42-45H,4-14,17,19-20,36H2,1-3H3,(H,37,41,48)/t22-,24+,25-,26+,27-,28-,29+,30+,32-,34+/m1/s1. The van der Waals surface area contributed by atoms with E-state index >= 15 is 0 Å². The van der Waals surface area contributed by atoms with Crippen molar-refractivity contribution in [1.82, 2.24) is 19.4 Å². The Morgan fingerprint density at radius 1 is 0.923 bits per heavy atom. The maximum atomic E-state index is 14.2. The smallest absolute Gasteiger partial charge is 0.354 e. The number of aromatic amines is 1. The minimum Gasteiger partial charge on any atom is -0.461 e. The number of likely N-dealkylation sites (N-methyl/N-ethyl adjacent to an activating group) is 2. The number of nitrogens with one attached hydrogen (secondary N) is 1. The summed E-state index contributed by atoms with van der Waals surface area (Å²) in [6.45, 7) is 2.26. The summed E-state index contributed by atoms with van der Waals surface area (Å²) in [7, 11) is 2.95. The minimum absolute atomic E-state index is 0.0115. The Balaban J connectivity index is 1.44. The van der Waals surface area contributed by atoms with E-state index in [2.05, 4.69) is 11.9 Å². The monoisotopic (exact) mass is 739 g/mol. The van der Waals surface area contributed by atoms with Crippen LogP contribution in [-0.4, -0.2) is 141 Å². The molecule has 294 valence electrons. The molecule has 0 saturated carbocycles. The molecule has 0 radical (unpaired) electrons. The Hall–Kier alpha value is -3.00. The molecule has 4 rings (SSSR count). The third-order valence-corrected chi connectivity index (χ3v) is 10.1. The van der Waals surface area contributed by atoms with Crippen LogP contribution in [0.4, 0.5) is 0 Å². The average Bonchev–Trinajstić information content (AvgIpc) is 3.52. The van der Waals surface area contributed by atoms with Gasteiger partial charge in [0.15, 0.2) is 12.5 Å². The Morgan fingerprint density at radius 3 is 2.15 bits per heavy atom. The van der Waals surface area contributed by atoms with Crippen LogP contribution in [-0.2, 0) is 28.5 Å². The number of nitrogens with two attached hydrogens (primary N) is 1. The summed E-state index contributed by atoms with van der Waals surface area (Å²) < 4.78 is 24.2. The lowest BCUT2D eigenvalue weighted by Crippen LogP contribution is -2.59. The molecule has 0 unspecified atom stereocenters. The van der Waals surface area contributed by atoms with Gasteiger partial charge in [0.2, 0.25) is 5.91 Å². The molecule has 1 aromatic heterocycles. The number of rotatable bonds is 19. The van der Waals surface area contributed by atoms with E-state index in [0.717, 1.165) is 41.0 Å². The first-order valence-corrected chi connectivity index (χ1v) is 18.5. The molecule has 52 heavy (non-hydrogen) atoms. The van der Waals surface area contributed by atoms with Crippen LogP contribution in [0.15, 0.2) is 33.6 Å². The predicted octanol–water partition coefficient (Wildman–Crippen LogP) is -0.543. The van der Waals surface area contributed by atoms with Crippen molar-refractivity contribution in [3.05, 3.63) is 44.9 Å². The first kappa shape index (κ1) is 41.8. The average molecular weight is 740 g/mol. The second-order valence-electron chi connectivity index (χ2n) is 13.9. The summed E-state index contributed by atoms with van der Waals surface area (Å²) in [6.07, 6.45) is 1.53. The molecule has 1 amide bonds. The number of ether oxygens (including phenoxy) is 4. The number of unbranched alkanes of at least 4 members (excludes halogenated alkanes) is 10. The molecular weight excluding hydrogens is 682 g/mol. The highest BCUT2D eigenvalue weighted by Gasteiger charge is 2.55. The lowest BCUT2D eigenvalue weighted by atomic mass is 9.97. The van der Waals surface area contributed by atoms with Crippen LogP contribution in [0.25, 0.3) is 0 Å².